The maximum Gasteiger partial charge on any atom is 0.0843 e. The SMILES string of the molecule is C=CC[Si](C)(C)c1ccc(CCC)cc1. The Balaban J connectivity index is 2.83. The van der Waals surface area contributed by atoms with E-state index in [9.17, 15) is 0 Å². The molecule has 0 atom stereocenters. The summed E-state index contributed by atoms with van der Waals surface area (Å²) >= 11 is 0. The minimum Gasteiger partial charge on any atom is -0.103 e. The molecule has 0 aliphatic carbocycles. The van der Waals surface area contributed by atoms with Crippen LogP contribution in [0.5, 0.6) is 0 Å². The molecule has 0 unspecified atom stereocenters. The molecular formula is C14H22Si. The Morgan fingerprint density at radius 2 is 1.80 bits per heavy atom. The van der Waals surface area contributed by atoms with Gasteiger partial charge in [0.2, 0.25) is 0 Å². The molecule has 82 valence electrons. The van der Waals surface area contributed by atoms with Gasteiger partial charge < -0.3 is 0 Å². The summed E-state index contributed by atoms with van der Waals surface area (Å²) in [5, 5.41) is 1.54. The highest BCUT2D eigenvalue weighted by atomic mass is 28.3. The van der Waals surface area contributed by atoms with Gasteiger partial charge >= 0.3 is 0 Å². The Hall–Kier alpha value is -0.823. The van der Waals surface area contributed by atoms with Crippen molar-refractivity contribution >= 4 is 13.3 Å². The van der Waals surface area contributed by atoms with Gasteiger partial charge in [0.25, 0.3) is 0 Å². The predicted molar refractivity (Wildman–Crippen MR) is 72.6 cm³/mol. The molecule has 0 radical (unpaired) electrons. The summed E-state index contributed by atoms with van der Waals surface area (Å²) in [5.74, 6) is 0. The molecule has 0 saturated heterocycles. The van der Waals surface area contributed by atoms with Gasteiger partial charge in [-0.2, -0.15) is 0 Å². The van der Waals surface area contributed by atoms with Crippen molar-refractivity contribution < 1.29 is 0 Å². The zero-order valence-corrected chi connectivity index (χ0v) is 11.2. The Labute approximate surface area is 95.0 Å². The van der Waals surface area contributed by atoms with Gasteiger partial charge in [0.05, 0.1) is 8.07 Å². The lowest BCUT2D eigenvalue weighted by molar-refractivity contribution is 0.922. The summed E-state index contributed by atoms with van der Waals surface area (Å²) < 4.78 is 0. The van der Waals surface area contributed by atoms with E-state index >= 15 is 0 Å². The van der Waals surface area contributed by atoms with Crippen LogP contribution in [0, 0.1) is 0 Å². The van der Waals surface area contributed by atoms with E-state index in [2.05, 4.69) is 56.9 Å². The summed E-state index contributed by atoms with van der Waals surface area (Å²) in [5.41, 5.74) is 1.46. The fourth-order valence-electron chi connectivity index (χ4n) is 1.89. The summed E-state index contributed by atoms with van der Waals surface area (Å²) in [6.07, 6.45) is 4.49. The maximum absolute atomic E-state index is 3.85. The van der Waals surface area contributed by atoms with E-state index in [0.29, 0.717) is 0 Å². The first-order valence-electron chi connectivity index (χ1n) is 5.80. The van der Waals surface area contributed by atoms with E-state index in [-0.39, 0.29) is 0 Å². The first kappa shape index (κ1) is 12.2. The number of aryl methyl sites for hydroxylation is 1. The Morgan fingerprint density at radius 3 is 2.27 bits per heavy atom. The molecule has 0 aliphatic rings. The summed E-state index contributed by atoms with van der Waals surface area (Å²) in [7, 11) is -1.24. The Bertz CT molecular complexity index is 309. The summed E-state index contributed by atoms with van der Waals surface area (Å²) in [6, 6.07) is 10.4. The van der Waals surface area contributed by atoms with Crippen molar-refractivity contribution in [3.05, 3.63) is 42.5 Å². The van der Waals surface area contributed by atoms with E-state index < -0.39 is 8.07 Å². The number of allylic oxidation sites excluding steroid dienone is 1. The monoisotopic (exact) mass is 218 g/mol. The van der Waals surface area contributed by atoms with Crippen LogP contribution in [0.4, 0.5) is 0 Å². The van der Waals surface area contributed by atoms with Crippen LogP contribution in [0.15, 0.2) is 36.9 Å². The zero-order chi connectivity index (χ0) is 11.3. The predicted octanol–water partition coefficient (Wildman–Crippen LogP) is 3.74. The summed E-state index contributed by atoms with van der Waals surface area (Å²) in [4.78, 5) is 0. The third-order valence-electron chi connectivity index (χ3n) is 2.93. The van der Waals surface area contributed by atoms with Crippen LogP contribution in [0.1, 0.15) is 18.9 Å². The fourth-order valence-corrected chi connectivity index (χ4v) is 3.92. The van der Waals surface area contributed by atoms with Gasteiger partial charge in [-0.05, 0) is 18.0 Å². The molecule has 1 heteroatoms. The van der Waals surface area contributed by atoms with E-state index in [1.54, 1.807) is 5.19 Å². The van der Waals surface area contributed by atoms with Gasteiger partial charge in [-0.3, -0.25) is 0 Å². The Morgan fingerprint density at radius 1 is 1.20 bits per heavy atom. The quantitative estimate of drug-likeness (QED) is 0.522. The topological polar surface area (TPSA) is 0 Å². The van der Waals surface area contributed by atoms with Gasteiger partial charge in [0.1, 0.15) is 0 Å². The van der Waals surface area contributed by atoms with Crippen molar-refractivity contribution in [3.63, 3.8) is 0 Å². The second kappa shape index (κ2) is 5.31. The van der Waals surface area contributed by atoms with Crippen LogP contribution in [-0.2, 0) is 6.42 Å². The van der Waals surface area contributed by atoms with Gasteiger partial charge in [-0.15, -0.1) is 6.58 Å². The molecule has 0 spiro atoms. The van der Waals surface area contributed by atoms with Crippen molar-refractivity contribution in [1.82, 2.24) is 0 Å². The molecule has 1 aromatic rings. The number of rotatable bonds is 5. The highest BCUT2D eigenvalue weighted by molar-refractivity contribution is 6.90. The van der Waals surface area contributed by atoms with Crippen LogP contribution < -0.4 is 5.19 Å². The molecule has 0 bridgehead atoms. The number of hydrogen-bond donors (Lipinski definition) is 0. The van der Waals surface area contributed by atoms with Crippen LogP contribution in [-0.4, -0.2) is 8.07 Å². The minimum absolute atomic E-state index is 1.17. The molecule has 0 heterocycles. The van der Waals surface area contributed by atoms with Crippen LogP contribution in [0.25, 0.3) is 0 Å². The maximum atomic E-state index is 3.85. The standard InChI is InChI=1S/C14H22Si/c1-5-7-13-8-10-14(11-9-13)15(3,4)12-6-2/h6,8-11H,2,5,7,12H2,1,3-4H3. The fraction of sp³-hybridized carbons (Fsp3) is 0.429. The largest absolute Gasteiger partial charge is 0.103 e. The van der Waals surface area contributed by atoms with Gasteiger partial charge in [0, 0.05) is 0 Å². The third kappa shape index (κ3) is 3.35. The lowest BCUT2D eigenvalue weighted by Crippen LogP contribution is -2.40. The average molecular weight is 218 g/mol. The molecule has 0 aliphatic heterocycles. The normalized spacial score (nSPS) is 11.4. The Kier molecular flexibility index (Phi) is 4.34. The van der Waals surface area contributed by atoms with Gasteiger partial charge in [-0.1, -0.05) is 62.0 Å². The molecular weight excluding hydrogens is 196 g/mol. The smallest absolute Gasteiger partial charge is 0.0843 e. The number of benzene rings is 1. The molecule has 0 fully saturated rings. The zero-order valence-electron chi connectivity index (χ0n) is 10.2. The first-order chi connectivity index (χ1) is 7.10. The molecule has 1 aromatic carbocycles. The highest BCUT2D eigenvalue weighted by Gasteiger charge is 2.20. The van der Waals surface area contributed by atoms with Crippen molar-refractivity contribution in [2.75, 3.05) is 0 Å². The van der Waals surface area contributed by atoms with E-state index in [1.165, 1.54) is 24.4 Å². The van der Waals surface area contributed by atoms with Crippen molar-refractivity contribution in [1.29, 1.82) is 0 Å². The van der Waals surface area contributed by atoms with Crippen molar-refractivity contribution in [2.24, 2.45) is 0 Å². The molecule has 0 saturated carbocycles. The molecule has 0 nitrogen and oxygen atoms in total. The van der Waals surface area contributed by atoms with Crippen molar-refractivity contribution in [2.45, 2.75) is 38.9 Å². The lowest BCUT2D eigenvalue weighted by Gasteiger charge is -2.21. The highest BCUT2D eigenvalue weighted by Crippen LogP contribution is 2.11. The van der Waals surface area contributed by atoms with Gasteiger partial charge in [0.15, 0.2) is 0 Å². The lowest BCUT2D eigenvalue weighted by atomic mass is 10.1. The molecule has 15 heavy (non-hydrogen) atoms. The molecule has 1 rings (SSSR count). The first-order valence-corrected chi connectivity index (χ1v) is 9.01. The molecule has 0 aromatic heterocycles. The van der Waals surface area contributed by atoms with E-state index in [0.717, 1.165) is 0 Å². The second-order valence-electron chi connectivity index (χ2n) is 4.82. The summed E-state index contributed by atoms with van der Waals surface area (Å²) in [6.45, 7) is 10.9. The van der Waals surface area contributed by atoms with E-state index in [1.807, 2.05) is 0 Å². The van der Waals surface area contributed by atoms with Crippen molar-refractivity contribution in [3.8, 4) is 0 Å². The third-order valence-corrected chi connectivity index (χ3v) is 6.13. The van der Waals surface area contributed by atoms with Crippen LogP contribution in [0.3, 0.4) is 0 Å². The molecule has 0 N–H and O–H groups in total. The van der Waals surface area contributed by atoms with Crippen LogP contribution >= 0.6 is 0 Å². The minimum atomic E-state index is -1.24. The molecule has 0 amide bonds. The number of hydrogen-bond acceptors (Lipinski definition) is 0. The second-order valence-corrected chi connectivity index (χ2v) is 9.58. The van der Waals surface area contributed by atoms with E-state index in [4.69, 9.17) is 0 Å². The average Bonchev–Trinajstić information content (AvgIpc) is 2.19. The van der Waals surface area contributed by atoms with Crippen LogP contribution in [0.2, 0.25) is 19.1 Å². The van der Waals surface area contributed by atoms with Gasteiger partial charge in [-0.25, -0.2) is 0 Å².